The number of benzene rings is 1. The maximum atomic E-state index is 5.57. The van der Waals surface area contributed by atoms with Gasteiger partial charge in [0.25, 0.3) is 0 Å². The van der Waals surface area contributed by atoms with Crippen LogP contribution in [0.4, 0.5) is 11.8 Å². The van der Waals surface area contributed by atoms with E-state index in [9.17, 15) is 0 Å². The van der Waals surface area contributed by atoms with Crippen LogP contribution in [0.3, 0.4) is 0 Å². The minimum Gasteiger partial charge on any atom is -0.378 e. The van der Waals surface area contributed by atoms with Crippen molar-refractivity contribution in [3.8, 4) is 11.3 Å². The van der Waals surface area contributed by atoms with Crippen LogP contribution in [0.15, 0.2) is 36.4 Å². The highest BCUT2D eigenvalue weighted by Crippen LogP contribution is 2.31. The summed E-state index contributed by atoms with van der Waals surface area (Å²) in [7, 11) is 0. The number of anilines is 2. The Balaban J connectivity index is 1.63. The van der Waals surface area contributed by atoms with Gasteiger partial charge >= 0.3 is 0 Å². The summed E-state index contributed by atoms with van der Waals surface area (Å²) in [5, 5.41) is 1.01. The number of morpholine rings is 1. The molecule has 3 aromatic rings. The molecule has 1 atom stereocenters. The van der Waals surface area contributed by atoms with Crippen LogP contribution in [0.2, 0.25) is 0 Å². The average molecular weight is 404 g/mol. The summed E-state index contributed by atoms with van der Waals surface area (Å²) in [5.41, 5.74) is 4.09. The van der Waals surface area contributed by atoms with Crippen molar-refractivity contribution in [2.75, 3.05) is 42.6 Å². The molecule has 0 radical (unpaired) electrons. The van der Waals surface area contributed by atoms with Gasteiger partial charge < -0.3 is 14.5 Å². The smallest absolute Gasteiger partial charge is 0.229 e. The molecule has 0 saturated carbocycles. The molecule has 2 aliphatic rings. The standard InChI is InChI=1S/C24H29N5O/c1-17-6-8-19(9-7-17)21-11-10-20-22(25-21)26-24(29-12-4-3-5-18(29)2)27-23(20)28-13-15-30-16-14-28/h6-11,18H,3-5,12-16H2,1-2H3. The maximum Gasteiger partial charge on any atom is 0.229 e. The summed E-state index contributed by atoms with van der Waals surface area (Å²) in [5.74, 6) is 1.80. The Morgan fingerprint density at radius 1 is 0.900 bits per heavy atom. The molecule has 6 nitrogen and oxygen atoms in total. The van der Waals surface area contributed by atoms with Gasteiger partial charge in [0.1, 0.15) is 5.82 Å². The second-order valence-corrected chi connectivity index (χ2v) is 8.42. The van der Waals surface area contributed by atoms with E-state index in [0.717, 1.165) is 66.9 Å². The van der Waals surface area contributed by atoms with Crippen molar-refractivity contribution in [2.24, 2.45) is 0 Å². The first kappa shape index (κ1) is 19.2. The zero-order chi connectivity index (χ0) is 20.5. The Labute approximate surface area is 177 Å². The molecule has 30 heavy (non-hydrogen) atoms. The van der Waals surface area contributed by atoms with Crippen molar-refractivity contribution in [3.05, 3.63) is 42.0 Å². The lowest BCUT2D eigenvalue weighted by Crippen LogP contribution is -2.40. The van der Waals surface area contributed by atoms with Gasteiger partial charge in [0, 0.05) is 31.2 Å². The summed E-state index contributed by atoms with van der Waals surface area (Å²) >= 11 is 0. The molecule has 4 heterocycles. The van der Waals surface area contributed by atoms with Gasteiger partial charge in [-0.2, -0.15) is 9.97 Å². The fourth-order valence-corrected chi connectivity index (χ4v) is 4.41. The van der Waals surface area contributed by atoms with Crippen molar-refractivity contribution >= 4 is 22.8 Å². The number of fused-ring (bicyclic) bond motifs is 1. The van der Waals surface area contributed by atoms with E-state index in [1.165, 1.54) is 24.8 Å². The molecule has 2 saturated heterocycles. The summed E-state index contributed by atoms with van der Waals surface area (Å²) in [6, 6.07) is 13.2. The second kappa shape index (κ2) is 8.19. The minimum atomic E-state index is 0.453. The summed E-state index contributed by atoms with van der Waals surface area (Å²) < 4.78 is 5.57. The Morgan fingerprint density at radius 2 is 1.70 bits per heavy atom. The number of aryl methyl sites for hydroxylation is 1. The van der Waals surface area contributed by atoms with E-state index < -0.39 is 0 Å². The Morgan fingerprint density at radius 3 is 2.47 bits per heavy atom. The van der Waals surface area contributed by atoms with Gasteiger partial charge in [-0.25, -0.2) is 4.98 Å². The lowest BCUT2D eigenvalue weighted by Gasteiger charge is -2.35. The van der Waals surface area contributed by atoms with Gasteiger partial charge in [-0.15, -0.1) is 0 Å². The molecule has 2 aromatic heterocycles. The third kappa shape index (κ3) is 3.72. The molecular weight excluding hydrogens is 374 g/mol. The number of hydrogen-bond donors (Lipinski definition) is 0. The minimum absolute atomic E-state index is 0.453. The van der Waals surface area contributed by atoms with Crippen LogP contribution in [0, 0.1) is 6.92 Å². The molecule has 6 heteroatoms. The van der Waals surface area contributed by atoms with E-state index >= 15 is 0 Å². The van der Waals surface area contributed by atoms with E-state index in [0.29, 0.717) is 6.04 Å². The van der Waals surface area contributed by atoms with Gasteiger partial charge in [0.15, 0.2) is 5.65 Å². The molecule has 0 amide bonds. The van der Waals surface area contributed by atoms with Crippen LogP contribution in [0.1, 0.15) is 31.7 Å². The number of rotatable bonds is 3. The normalized spacial score (nSPS) is 20.0. The highest BCUT2D eigenvalue weighted by Gasteiger charge is 2.24. The Hall–Kier alpha value is -2.73. The second-order valence-electron chi connectivity index (χ2n) is 8.42. The maximum absolute atomic E-state index is 5.57. The highest BCUT2D eigenvalue weighted by molar-refractivity contribution is 5.90. The largest absolute Gasteiger partial charge is 0.378 e. The number of nitrogens with zero attached hydrogens (tertiary/aromatic N) is 5. The molecule has 5 rings (SSSR count). The first-order valence-electron chi connectivity index (χ1n) is 11.0. The Kier molecular flexibility index (Phi) is 5.25. The number of ether oxygens (including phenoxy) is 1. The molecule has 2 aliphatic heterocycles. The predicted octanol–water partition coefficient (Wildman–Crippen LogP) is 4.22. The van der Waals surface area contributed by atoms with E-state index in [1.807, 2.05) is 0 Å². The topological polar surface area (TPSA) is 54.4 Å². The SMILES string of the molecule is Cc1ccc(-c2ccc3c(N4CCOCC4)nc(N4CCCCC4C)nc3n2)cc1. The van der Waals surface area contributed by atoms with Gasteiger partial charge in [-0.3, -0.25) is 0 Å². The van der Waals surface area contributed by atoms with E-state index in [1.54, 1.807) is 0 Å². The fourth-order valence-electron chi connectivity index (χ4n) is 4.41. The monoisotopic (exact) mass is 403 g/mol. The van der Waals surface area contributed by atoms with Crippen LogP contribution < -0.4 is 9.80 Å². The summed E-state index contributed by atoms with van der Waals surface area (Å²) in [6.45, 7) is 8.54. The van der Waals surface area contributed by atoms with Gasteiger partial charge in [-0.05, 0) is 45.2 Å². The number of aromatic nitrogens is 3. The third-order valence-electron chi connectivity index (χ3n) is 6.25. The average Bonchev–Trinajstić information content (AvgIpc) is 2.79. The van der Waals surface area contributed by atoms with Crippen molar-refractivity contribution in [2.45, 2.75) is 39.2 Å². The van der Waals surface area contributed by atoms with Crippen LogP contribution in [-0.2, 0) is 4.74 Å². The zero-order valence-corrected chi connectivity index (χ0v) is 17.8. The molecule has 1 aromatic carbocycles. The lowest BCUT2D eigenvalue weighted by molar-refractivity contribution is 0.122. The van der Waals surface area contributed by atoms with Crippen molar-refractivity contribution in [3.63, 3.8) is 0 Å². The van der Waals surface area contributed by atoms with E-state index in [2.05, 4.69) is 60.0 Å². The number of piperidine rings is 1. The lowest BCUT2D eigenvalue weighted by atomic mass is 10.0. The quantitative estimate of drug-likeness (QED) is 0.653. The molecule has 0 N–H and O–H groups in total. The van der Waals surface area contributed by atoms with Gasteiger partial charge in [0.2, 0.25) is 5.95 Å². The van der Waals surface area contributed by atoms with Gasteiger partial charge in [-0.1, -0.05) is 29.8 Å². The van der Waals surface area contributed by atoms with E-state index in [4.69, 9.17) is 19.7 Å². The molecule has 0 spiro atoms. The first-order valence-corrected chi connectivity index (χ1v) is 11.0. The Bertz CT molecular complexity index is 1030. The van der Waals surface area contributed by atoms with Crippen LogP contribution in [0.5, 0.6) is 0 Å². The van der Waals surface area contributed by atoms with Gasteiger partial charge in [0.05, 0.1) is 24.3 Å². The van der Waals surface area contributed by atoms with Crippen LogP contribution >= 0.6 is 0 Å². The molecule has 0 bridgehead atoms. The molecule has 1 unspecified atom stereocenters. The highest BCUT2D eigenvalue weighted by atomic mass is 16.5. The third-order valence-corrected chi connectivity index (χ3v) is 6.25. The van der Waals surface area contributed by atoms with Crippen molar-refractivity contribution in [1.82, 2.24) is 15.0 Å². The molecule has 0 aliphatic carbocycles. The fraction of sp³-hybridized carbons (Fsp3) is 0.458. The number of pyridine rings is 1. The van der Waals surface area contributed by atoms with Crippen molar-refractivity contribution < 1.29 is 4.74 Å². The number of hydrogen-bond acceptors (Lipinski definition) is 6. The van der Waals surface area contributed by atoms with Crippen molar-refractivity contribution in [1.29, 1.82) is 0 Å². The zero-order valence-electron chi connectivity index (χ0n) is 17.8. The van der Waals surface area contributed by atoms with Crippen LogP contribution in [0.25, 0.3) is 22.3 Å². The summed E-state index contributed by atoms with van der Waals surface area (Å²) in [4.78, 5) is 19.7. The first-order chi connectivity index (χ1) is 14.7. The summed E-state index contributed by atoms with van der Waals surface area (Å²) in [6.07, 6.45) is 3.65. The molecule has 156 valence electrons. The predicted molar refractivity (Wildman–Crippen MR) is 121 cm³/mol. The van der Waals surface area contributed by atoms with E-state index in [-0.39, 0.29) is 0 Å². The molecular formula is C24H29N5O. The van der Waals surface area contributed by atoms with Crippen LogP contribution in [-0.4, -0.2) is 53.8 Å². The molecule has 2 fully saturated rings.